The van der Waals surface area contributed by atoms with Gasteiger partial charge in [-0.1, -0.05) is 13.8 Å². The molecule has 32 heavy (non-hydrogen) atoms. The Hall–Kier alpha value is -0.840. The maximum absolute atomic E-state index is 13.2. The van der Waals surface area contributed by atoms with Gasteiger partial charge in [0.05, 0.1) is 6.10 Å². The number of halogens is 3. The molecular weight excluding hydrogens is 449 g/mol. The first-order valence-electron chi connectivity index (χ1n) is 11.4. The van der Waals surface area contributed by atoms with Gasteiger partial charge in [0.2, 0.25) is 0 Å². The monoisotopic (exact) mass is 480 g/mol. The number of hydrogen-bond donors (Lipinski definition) is 0. The molecule has 0 aromatic carbocycles. The smallest absolute Gasteiger partial charge is 0.381 e. The second-order valence-corrected chi connectivity index (χ2v) is 12.2. The summed E-state index contributed by atoms with van der Waals surface area (Å²) in [5.74, 6) is -0.837. The molecule has 0 bridgehead atoms. The van der Waals surface area contributed by atoms with E-state index in [0.29, 0.717) is 6.42 Å². The van der Waals surface area contributed by atoms with E-state index in [1.807, 2.05) is 0 Å². The summed E-state index contributed by atoms with van der Waals surface area (Å²) in [7, 11) is -4.17. The summed E-state index contributed by atoms with van der Waals surface area (Å²) in [6.45, 7) is 4.52. The van der Waals surface area contributed by atoms with Crippen LogP contribution in [-0.2, 0) is 28.5 Å². The highest BCUT2D eigenvalue weighted by Crippen LogP contribution is 2.69. The van der Waals surface area contributed by atoms with E-state index in [1.54, 1.807) is 13.2 Å². The van der Waals surface area contributed by atoms with Crippen molar-refractivity contribution in [1.29, 1.82) is 0 Å². The van der Waals surface area contributed by atoms with Crippen molar-refractivity contribution in [2.45, 2.75) is 76.2 Å². The zero-order valence-electron chi connectivity index (χ0n) is 18.6. The van der Waals surface area contributed by atoms with Gasteiger partial charge >= 0.3 is 15.6 Å². The van der Waals surface area contributed by atoms with Crippen LogP contribution >= 0.6 is 0 Å². The van der Waals surface area contributed by atoms with Gasteiger partial charge in [-0.3, -0.25) is 0 Å². The molecule has 0 radical (unpaired) electrons. The van der Waals surface area contributed by atoms with Gasteiger partial charge in [0.25, 0.3) is 0 Å². The summed E-state index contributed by atoms with van der Waals surface area (Å²) in [5, 5.41) is 0. The van der Waals surface area contributed by atoms with Crippen LogP contribution in [0.2, 0.25) is 0 Å². The largest absolute Gasteiger partial charge is 0.534 e. The number of allylic oxidation sites excluding steroid dienone is 2. The maximum Gasteiger partial charge on any atom is 0.534 e. The molecule has 5 aliphatic rings. The van der Waals surface area contributed by atoms with E-state index in [9.17, 15) is 21.6 Å². The lowest BCUT2D eigenvalue weighted by atomic mass is 9.46. The summed E-state index contributed by atoms with van der Waals surface area (Å²) in [4.78, 5) is 0. The van der Waals surface area contributed by atoms with Crippen LogP contribution in [0.5, 0.6) is 0 Å². The lowest BCUT2D eigenvalue weighted by Crippen LogP contribution is -2.61. The fourth-order valence-corrected chi connectivity index (χ4v) is 8.31. The first-order chi connectivity index (χ1) is 14.9. The summed E-state index contributed by atoms with van der Waals surface area (Å²) in [6, 6.07) is 0. The van der Waals surface area contributed by atoms with E-state index in [1.165, 1.54) is 0 Å². The SMILES string of the molecule is CO[C@H]1CC[C@@]2(C)[C@H](C1)C(OS(=O)(=O)C(F)(F)F)=C[C@@H]1[C@@H]2CC[C@@]2(C)[C@H]1CCC21OCO1. The summed E-state index contributed by atoms with van der Waals surface area (Å²) in [5.41, 5.74) is -6.09. The van der Waals surface area contributed by atoms with Crippen molar-refractivity contribution < 1.29 is 40.0 Å². The second-order valence-electron chi connectivity index (χ2n) is 10.7. The zero-order chi connectivity index (χ0) is 23.2. The second kappa shape index (κ2) is 7.09. The Kier molecular flexibility index (Phi) is 5.08. The van der Waals surface area contributed by atoms with Crippen molar-refractivity contribution in [2.24, 2.45) is 34.5 Å². The third-order valence-electron chi connectivity index (χ3n) is 9.63. The van der Waals surface area contributed by atoms with Gasteiger partial charge in [-0.25, -0.2) is 0 Å². The van der Waals surface area contributed by atoms with Crippen LogP contribution in [0, 0.1) is 34.5 Å². The van der Waals surface area contributed by atoms with Gasteiger partial charge in [0.1, 0.15) is 5.76 Å². The lowest BCUT2D eigenvalue weighted by molar-refractivity contribution is -0.436. The molecule has 1 heterocycles. The van der Waals surface area contributed by atoms with E-state index < -0.39 is 27.3 Å². The molecule has 0 aromatic heterocycles. The van der Waals surface area contributed by atoms with E-state index in [0.717, 1.165) is 38.5 Å². The van der Waals surface area contributed by atoms with Crippen LogP contribution in [0.1, 0.15) is 58.8 Å². The molecule has 10 heteroatoms. The average molecular weight is 481 g/mol. The molecule has 1 saturated heterocycles. The third kappa shape index (κ3) is 2.98. The van der Waals surface area contributed by atoms with Crippen molar-refractivity contribution >= 4 is 10.1 Å². The molecule has 0 amide bonds. The molecular formula is C22H31F3O6S. The highest BCUT2D eigenvalue weighted by Gasteiger charge is 2.69. The van der Waals surface area contributed by atoms with Crippen molar-refractivity contribution in [3.05, 3.63) is 11.8 Å². The summed E-state index contributed by atoms with van der Waals surface area (Å²) in [6.07, 6.45) is 6.96. The Bertz CT molecular complexity index is 913. The fraction of sp³-hybridized carbons (Fsp3) is 0.909. The van der Waals surface area contributed by atoms with Crippen molar-refractivity contribution in [1.82, 2.24) is 0 Å². The molecule has 3 saturated carbocycles. The standard InChI is InChI=1S/C22H31F3O6S/c1-19-7-4-13(28-3)10-17(19)18(31-32(26,27)22(23,24)25)11-14-15(19)5-8-20(2)16(14)6-9-21(20)29-12-30-21/h11,13-17H,4-10,12H2,1-3H3/t13-,14+,15-,16-,17+,19+,20-/m0/s1. The normalized spacial score (nSPS) is 45.3. The Morgan fingerprint density at radius 2 is 1.75 bits per heavy atom. The molecule has 5 rings (SSSR count). The predicted octanol–water partition coefficient (Wildman–Crippen LogP) is 4.71. The quantitative estimate of drug-likeness (QED) is 0.430. The van der Waals surface area contributed by atoms with E-state index in [-0.39, 0.29) is 47.2 Å². The fourth-order valence-electron chi connectivity index (χ4n) is 7.79. The number of methoxy groups -OCH3 is 1. The van der Waals surface area contributed by atoms with Gasteiger partial charge in [-0.15, -0.1) is 0 Å². The Morgan fingerprint density at radius 1 is 1.06 bits per heavy atom. The molecule has 6 nitrogen and oxygen atoms in total. The highest BCUT2D eigenvalue weighted by atomic mass is 32.2. The van der Waals surface area contributed by atoms with E-state index in [4.69, 9.17) is 18.4 Å². The van der Waals surface area contributed by atoms with Crippen LogP contribution in [0.15, 0.2) is 11.8 Å². The summed E-state index contributed by atoms with van der Waals surface area (Å²) >= 11 is 0. The topological polar surface area (TPSA) is 71.1 Å². The molecule has 0 unspecified atom stereocenters. The van der Waals surface area contributed by atoms with Gasteiger partial charge in [0, 0.05) is 24.9 Å². The van der Waals surface area contributed by atoms with E-state index >= 15 is 0 Å². The minimum atomic E-state index is -5.75. The molecule has 0 aromatic rings. The zero-order valence-corrected chi connectivity index (χ0v) is 19.4. The van der Waals surface area contributed by atoms with Crippen LogP contribution in [0.25, 0.3) is 0 Å². The van der Waals surface area contributed by atoms with E-state index in [2.05, 4.69) is 13.8 Å². The van der Waals surface area contributed by atoms with Crippen LogP contribution in [0.3, 0.4) is 0 Å². The minimum absolute atomic E-state index is 0.0616. The maximum atomic E-state index is 13.2. The number of alkyl halides is 3. The Balaban J connectivity index is 1.57. The van der Waals surface area contributed by atoms with Crippen LogP contribution in [-0.4, -0.2) is 39.7 Å². The molecule has 182 valence electrons. The van der Waals surface area contributed by atoms with Gasteiger partial charge in [0.15, 0.2) is 12.6 Å². The molecule has 1 aliphatic heterocycles. The van der Waals surface area contributed by atoms with Gasteiger partial charge < -0.3 is 18.4 Å². The lowest BCUT2D eigenvalue weighted by Gasteiger charge is -2.61. The Morgan fingerprint density at radius 3 is 2.34 bits per heavy atom. The number of hydrogen-bond acceptors (Lipinski definition) is 6. The van der Waals surface area contributed by atoms with Crippen LogP contribution < -0.4 is 0 Å². The highest BCUT2D eigenvalue weighted by molar-refractivity contribution is 7.87. The van der Waals surface area contributed by atoms with Crippen molar-refractivity contribution in [2.75, 3.05) is 13.9 Å². The third-order valence-corrected chi connectivity index (χ3v) is 10.6. The molecule has 1 spiro atoms. The first-order valence-corrected chi connectivity index (χ1v) is 12.8. The summed E-state index contributed by atoms with van der Waals surface area (Å²) < 4.78 is 85.9. The average Bonchev–Trinajstić information content (AvgIpc) is 3.00. The minimum Gasteiger partial charge on any atom is -0.381 e. The molecule has 4 aliphatic carbocycles. The van der Waals surface area contributed by atoms with Crippen LogP contribution in [0.4, 0.5) is 13.2 Å². The number of fused-ring (bicyclic) bond motifs is 6. The number of ether oxygens (including phenoxy) is 3. The Labute approximate surface area is 186 Å². The molecule has 4 fully saturated rings. The molecule has 7 atom stereocenters. The first kappa shape index (κ1) is 22.9. The predicted molar refractivity (Wildman–Crippen MR) is 107 cm³/mol. The van der Waals surface area contributed by atoms with Gasteiger partial charge in [-0.2, -0.15) is 21.6 Å². The number of rotatable bonds is 3. The van der Waals surface area contributed by atoms with Gasteiger partial charge in [-0.05, 0) is 67.8 Å². The molecule has 0 N–H and O–H groups in total. The van der Waals surface area contributed by atoms with Crippen molar-refractivity contribution in [3.63, 3.8) is 0 Å². The van der Waals surface area contributed by atoms with Crippen molar-refractivity contribution in [3.8, 4) is 0 Å².